The van der Waals surface area contributed by atoms with Gasteiger partial charge in [-0.05, 0) is 7.05 Å². The highest BCUT2D eigenvalue weighted by Crippen LogP contribution is 2.09. The lowest BCUT2D eigenvalue weighted by molar-refractivity contribution is 0.152. The number of likely N-dealkylation sites (N-methyl/N-ethyl adjacent to an activating group) is 1. The minimum Gasteiger partial charge on any atom is -0.339 e. The second kappa shape index (κ2) is 7.32. The SMILES string of the molecule is CN1CCN(CCc2nc(Cn3cnc4c3c(=O)n(C)c(=O)n4C)no2)CC1. The van der Waals surface area contributed by atoms with Crippen molar-refractivity contribution in [1.29, 1.82) is 0 Å². The zero-order chi connectivity index (χ0) is 19.8. The number of imidazole rings is 1. The smallest absolute Gasteiger partial charge is 0.332 e. The van der Waals surface area contributed by atoms with Crippen molar-refractivity contribution < 1.29 is 4.52 Å². The van der Waals surface area contributed by atoms with Crippen molar-refractivity contribution in [2.75, 3.05) is 39.8 Å². The van der Waals surface area contributed by atoms with Crippen molar-refractivity contribution in [2.24, 2.45) is 14.1 Å². The molecule has 3 aromatic heterocycles. The molecule has 0 aliphatic carbocycles. The van der Waals surface area contributed by atoms with Crippen molar-refractivity contribution in [3.05, 3.63) is 38.9 Å². The Morgan fingerprint density at radius 3 is 2.57 bits per heavy atom. The summed E-state index contributed by atoms with van der Waals surface area (Å²) >= 11 is 0. The molecule has 1 aliphatic rings. The van der Waals surface area contributed by atoms with Crippen LogP contribution in [0.5, 0.6) is 0 Å². The fourth-order valence-electron chi connectivity index (χ4n) is 3.45. The second-order valence-corrected chi connectivity index (χ2v) is 7.25. The van der Waals surface area contributed by atoms with Crippen LogP contribution in [0.3, 0.4) is 0 Å². The first-order chi connectivity index (χ1) is 13.4. The molecule has 0 atom stereocenters. The number of aromatic nitrogens is 6. The first-order valence-corrected chi connectivity index (χ1v) is 9.27. The average molecular weight is 388 g/mol. The molecule has 4 heterocycles. The molecule has 11 heteroatoms. The Bertz CT molecular complexity index is 1100. The third-order valence-electron chi connectivity index (χ3n) is 5.28. The van der Waals surface area contributed by atoms with Gasteiger partial charge >= 0.3 is 5.69 Å². The van der Waals surface area contributed by atoms with E-state index in [-0.39, 0.29) is 6.54 Å². The largest absolute Gasteiger partial charge is 0.339 e. The molecule has 1 saturated heterocycles. The van der Waals surface area contributed by atoms with Crippen LogP contribution in [0.1, 0.15) is 11.7 Å². The highest BCUT2D eigenvalue weighted by atomic mass is 16.5. The zero-order valence-corrected chi connectivity index (χ0v) is 16.3. The fourth-order valence-corrected chi connectivity index (χ4v) is 3.45. The summed E-state index contributed by atoms with van der Waals surface area (Å²) in [5.74, 6) is 1.06. The first-order valence-electron chi connectivity index (χ1n) is 9.27. The molecule has 0 N–H and O–H groups in total. The van der Waals surface area contributed by atoms with Crippen molar-refractivity contribution in [3.8, 4) is 0 Å². The van der Waals surface area contributed by atoms with Crippen molar-refractivity contribution >= 4 is 11.2 Å². The third kappa shape index (κ3) is 3.38. The van der Waals surface area contributed by atoms with Crippen LogP contribution < -0.4 is 11.2 Å². The van der Waals surface area contributed by atoms with Gasteiger partial charge in [-0.3, -0.25) is 13.9 Å². The number of rotatable bonds is 5. The van der Waals surface area contributed by atoms with Crippen LogP contribution in [0.15, 0.2) is 20.4 Å². The monoisotopic (exact) mass is 388 g/mol. The van der Waals surface area contributed by atoms with Crippen LogP contribution >= 0.6 is 0 Å². The van der Waals surface area contributed by atoms with Crippen molar-refractivity contribution in [2.45, 2.75) is 13.0 Å². The van der Waals surface area contributed by atoms with Crippen molar-refractivity contribution in [3.63, 3.8) is 0 Å². The van der Waals surface area contributed by atoms with E-state index in [1.165, 1.54) is 17.9 Å². The lowest BCUT2D eigenvalue weighted by atomic mass is 10.3. The Hall–Kier alpha value is -2.79. The van der Waals surface area contributed by atoms with E-state index in [2.05, 4.69) is 32.0 Å². The second-order valence-electron chi connectivity index (χ2n) is 7.25. The molecular weight excluding hydrogens is 364 g/mol. The standard InChI is InChI=1S/C17H24N8O3/c1-21-6-8-24(9-7-21)5-4-13-19-12(20-28-13)10-25-11-18-15-14(25)16(26)23(3)17(27)22(15)2/h11H,4-10H2,1-3H3. The van der Waals surface area contributed by atoms with Gasteiger partial charge in [0.1, 0.15) is 0 Å². The number of piperazine rings is 1. The average Bonchev–Trinajstić information content (AvgIpc) is 3.32. The fraction of sp³-hybridized carbons (Fsp3) is 0.588. The van der Waals surface area contributed by atoms with Gasteiger partial charge in [0, 0.05) is 53.2 Å². The molecular formula is C17H24N8O3. The molecule has 28 heavy (non-hydrogen) atoms. The normalized spacial score (nSPS) is 16.2. The van der Waals surface area contributed by atoms with Gasteiger partial charge in [-0.2, -0.15) is 4.98 Å². The number of hydrogen-bond donors (Lipinski definition) is 0. The Balaban J connectivity index is 1.49. The minimum absolute atomic E-state index is 0.252. The van der Waals surface area contributed by atoms with Gasteiger partial charge < -0.3 is 18.9 Å². The Morgan fingerprint density at radius 1 is 1.07 bits per heavy atom. The van der Waals surface area contributed by atoms with E-state index in [1.807, 2.05) is 0 Å². The summed E-state index contributed by atoms with van der Waals surface area (Å²) in [4.78, 5) is 37.9. The summed E-state index contributed by atoms with van der Waals surface area (Å²) in [6.45, 7) is 5.36. The Labute approximate surface area is 160 Å². The molecule has 0 radical (unpaired) electrons. The number of aryl methyl sites for hydroxylation is 1. The van der Waals surface area contributed by atoms with Crippen molar-refractivity contribution in [1.82, 2.24) is 38.6 Å². The van der Waals surface area contributed by atoms with E-state index in [4.69, 9.17) is 4.52 Å². The zero-order valence-electron chi connectivity index (χ0n) is 16.3. The van der Waals surface area contributed by atoms with Crippen LogP contribution in [0.4, 0.5) is 0 Å². The van der Waals surface area contributed by atoms with Gasteiger partial charge in [0.2, 0.25) is 5.89 Å². The van der Waals surface area contributed by atoms with Gasteiger partial charge in [0.15, 0.2) is 17.0 Å². The van der Waals surface area contributed by atoms with Gasteiger partial charge in [-0.15, -0.1) is 0 Å². The minimum atomic E-state index is -0.409. The topological polar surface area (TPSA) is 107 Å². The lowest BCUT2D eigenvalue weighted by Crippen LogP contribution is -2.45. The van der Waals surface area contributed by atoms with Crippen LogP contribution in [0, 0.1) is 0 Å². The molecule has 1 aliphatic heterocycles. The van der Waals surface area contributed by atoms with E-state index in [1.54, 1.807) is 11.6 Å². The van der Waals surface area contributed by atoms with E-state index < -0.39 is 11.2 Å². The number of nitrogens with zero attached hydrogens (tertiary/aromatic N) is 8. The maximum atomic E-state index is 12.5. The highest BCUT2D eigenvalue weighted by Gasteiger charge is 2.17. The van der Waals surface area contributed by atoms with Crippen LogP contribution in [-0.2, 0) is 27.1 Å². The third-order valence-corrected chi connectivity index (χ3v) is 5.28. The highest BCUT2D eigenvalue weighted by molar-refractivity contribution is 5.70. The summed E-state index contributed by atoms with van der Waals surface area (Å²) in [5, 5.41) is 4.03. The maximum absolute atomic E-state index is 12.5. The lowest BCUT2D eigenvalue weighted by Gasteiger charge is -2.31. The molecule has 0 amide bonds. The van der Waals surface area contributed by atoms with E-state index in [0.29, 0.717) is 29.3 Å². The number of fused-ring (bicyclic) bond motifs is 1. The molecule has 4 rings (SSSR count). The quantitative estimate of drug-likeness (QED) is 0.528. The maximum Gasteiger partial charge on any atom is 0.332 e. The Kier molecular flexibility index (Phi) is 4.85. The molecule has 1 fully saturated rings. The molecule has 0 unspecified atom stereocenters. The number of hydrogen-bond acceptors (Lipinski definition) is 8. The van der Waals surface area contributed by atoms with Crippen LogP contribution in [0.2, 0.25) is 0 Å². The molecule has 0 saturated carbocycles. The van der Waals surface area contributed by atoms with Crippen LogP contribution in [-0.4, -0.2) is 78.4 Å². The Morgan fingerprint density at radius 2 is 1.82 bits per heavy atom. The first kappa shape index (κ1) is 18.6. The molecule has 0 bridgehead atoms. The summed E-state index contributed by atoms with van der Waals surface area (Å²) in [6.07, 6.45) is 2.21. The predicted molar refractivity (Wildman–Crippen MR) is 101 cm³/mol. The predicted octanol–water partition coefficient (Wildman–Crippen LogP) is -1.35. The van der Waals surface area contributed by atoms with Gasteiger partial charge in [0.25, 0.3) is 5.56 Å². The summed E-state index contributed by atoms with van der Waals surface area (Å²) in [7, 11) is 5.17. The molecule has 0 aromatic carbocycles. The summed E-state index contributed by atoms with van der Waals surface area (Å²) < 4.78 is 9.43. The van der Waals surface area contributed by atoms with Gasteiger partial charge in [0.05, 0.1) is 12.9 Å². The molecule has 0 spiro atoms. The van der Waals surface area contributed by atoms with Crippen LogP contribution in [0.25, 0.3) is 11.2 Å². The van der Waals surface area contributed by atoms with E-state index in [9.17, 15) is 9.59 Å². The summed E-state index contributed by atoms with van der Waals surface area (Å²) in [6, 6.07) is 0. The molecule has 3 aromatic rings. The molecule has 150 valence electrons. The van der Waals surface area contributed by atoms with Gasteiger partial charge in [-0.1, -0.05) is 5.16 Å². The molecule has 11 nitrogen and oxygen atoms in total. The van der Waals surface area contributed by atoms with E-state index in [0.717, 1.165) is 37.3 Å². The van der Waals surface area contributed by atoms with E-state index >= 15 is 0 Å². The van der Waals surface area contributed by atoms with Gasteiger partial charge in [-0.25, -0.2) is 9.78 Å². The summed E-state index contributed by atoms with van der Waals surface area (Å²) in [5.41, 5.74) is -0.122.